The molecule has 1 aliphatic carbocycles. The van der Waals surface area contributed by atoms with Crippen LogP contribution in [0.25, 0.3) is 0 Å². The second-order valence-electron chi connectivity index (χ2n) is 5.58. The number of ether oxygens (including phenoxy) is 1. The lowest BCUT2D eigenvalue weighted by Gasteiger charge is -2.30. The Hall–Kier alpha value is -1.20. The number of hydrogen-bond donors (Lipinski definition) is 1. The Morgan fingerprint density at radius 1 is 1.22 bits per heavy atom. The molecule has 1 fully saturated rings. The second-order valence-corrected chi connectivity index (χ2v) is 5.58. The summed E-state index contributed by atoms with van der Waals surface area (Å²) in [5.74, 6) is -1.22. The van der Waals surface area contributed by atoms with Crippen molar-refractivity contribution in [1.29, 1.82) is 0 Å². The van der Waals surface area contributed by atoms with Crippen LogP contribution in [0, 0.1) is 0 Å². The molecule has 0 spiro atoms. The van der Waals surface area contributed by atoms with E-state index < -0.39 is 29.4 Å². The third-order valence-electron chi connectivity index (χ3n) is 2.87. The van der Waals surface area contributed by atoms with E-state index in [1.807, 2.05) is 0 Å². The number of hydrogen-bond acceptors (Lipinski definition) is 3. The second kappa shape index (κ2) is 5.20. The van der Waals surface area contributed by atoms with Gasteiger partial charge >= 0.3 is 6.09 Å². The molecular formula is C12H19F2NO3. The van der Waals surface area contributed by atoms with E-state index in [0.29, 0.717) is 12.8 Å². The van der Waals surface area contributed by atoms with E-state index in [2.05, 4.69) is 5.32 Å². The molecule has 1 amide bonds. The van der Waals surface area contributed by atoms with Crippen LogP contribution in [0.1, 0.15) is 46.5 Å². The van der Waals surface area contributed by atoms with E-state index in [4.69, 9.17) is 4.74 Å². The highest BCUT2D eigenvalue weighted by atomic mass is 19.3. The summed E-state index contributed by atoms with van der Waals surface area (Å²) in [6.45, 7) is 5.01. The summed E-state index contributed by atoms with van der Waals surface area (Å²) < 4.78 is 30.2. The average molecular weight is 263 g/mol. The van der Waals surface area contributed by atoms with Crippen LogP contribution in [0.2, 0.25) is 0 Å². The van der Waals surface area contributed by atoms with E-state index >= 15 is 0 Å². The number of rotatable bonds is 3. The maximum absolute atomic E-state index is 12.6. The highest BCUT2D eigenvalue weighted by Gasteiger charge is 2.46. The summed E-state index contributed by atoms with van der Waals surface area (Å²) >= 11 is 0. The van der Waals surface area contributed by atoms with Gasteiger partial charge in [-0.05, 0) is 33.6 Å². The number of carbonyl (C=O) groups is 2. The SMILES string of the molecule is CC(C)(C)OC(=O)NC1(C(=O)C(F)F)CCCC1. The third-order valence-corrected chi connectivity index (χ3v) is 2.87. The van der Waals surface area contributed by atoms with E-state index in [0.717, 1.165) is 0 Å². The molecule has 0 bridgehead atoms. The maximum atomic E-state index is 12.6. The Kier molecular flexibility index (Phi) is 4.29. The standard InChI is InChI=1S/C12H19F2NO3/c1-11(2,3)18-10(17)15-12(6-4-5-7-12)8(16)9(13)14/h9H,4-7H2,1-3H3,(H,15,17). The van der Waals surface area contributed by atoms with Crippen molar-refractivity contribution < 1.29 is 23.1 Å². The molecule has 0 unspecified atom stereocenters. The van der Waals surface area contributed by atoms with Crippen molar-refractivity contribution >= 4 is 11.9 Å². The van der Waals surface area contributed by atoms with Crippen LogP contribution in [0.5, 0.6) is 0 Å². The number of halogens is 2. The predicted molar refractivity (Wildman–Crippen MR) is 61.6 cm³/mol. The van der Waals surface area contributed by atoms with E-state index in [9.17, 15) is 18.4 Å². The lowest BCUT2D eigenvalue weighted by Crippen LogP contribution is -2.55. The molecule has 104 valence electrons. The molecule has 1 rings (SSSR count). The van der Waals surface area contributed by atoms with Crippen LogP contribution in [0.4, 0.5) is 13.6 Å². The minimum absolute atomic E-state index is 0.245. The Morgan fingerprint density at radius 2 is 1.72 bits per heavy atom. The molecule has 0 saturated heterocycles. The molecule has 1 aliphatic rings. The first-order valence-corrected chi connectivity index (χ1v) is 6.00. The summed E-state index contributed by atoms with van der Waals surface area (Å²) in [5, 5.41) is 2.34. The largest absolute Gasteiger partial charge is 0.444 e. The summed E-state index contributed by atoms with van der Waals surface area (Å²) in [5.41, 5.74) is -2.17. The van der Waals surface area contributed by atoms with Crippen LogP contribution >= 0.6 is 0 Å². The molecule has 0 aromatic heterocycles. The number of nitrogens with one attached hydrogen (secondary N) is 1. The van der Waals surface area contributed by atoms with Gasteiger partial charge in [-0.25, -0.2) is 13.6 Å². The zero-order valence-corrected chi connectivity index (χ0v) is 10.9. The fraction of sp³-hybridized carbons (Fsp3) is 0.833. The topological polar surface area (TPSA) is 55.4 Å². The van der Waals surface area contributed by atoms with Crippen LogP contribution in [0.3, 0.4) is 0 Å². The zero-order valence-electron chi connectivity index (χ0n) is 10.9. The molecule has 18 heavy (non-hydrogen) atoms. The van der Waals surface area contributed by atoms with Gasteiger partial charge in [0.25, 0.3) is 6.43 Å². The monoisotopic (exact) mass is 263 g/mol. The van der Waals surface area contributed by atoms with Crippen LogP contribution < -0.4 is 5.32 Å². The minimum atomic E-state index is -3.07. The fourth-order valence-corrected chi connectivity index (χ4v) is 2.12. The number of alkyl halides is 2. The summed E-state index contributed by atoms with van der Waals surface area (Å²) in [7, 11) is 0. The first kappa shape index (κ1) is 14.9. The minimum Gasteiger partial charge on any atom is -0.444 e. The van der Waals surface area contributed by atoms with Crippen molar-refractivity contribution in [3.8, 4) is 0 Å². The molecule has 0 aromatic rings. The molecule has 1 N–H and O–H groups in total. The van der Waals surface area contributed by atoms with Gasteiger partial charge in [0.1, 0.15) is 11.1 Å². The smallest absolute Gasteiger partial charge is 0.408 e. The van der Waals surface area contributed by atoms with E-state index in [1.54, 1.807) is 20.8 Å². The average Bonchev–Trinajstić information content (AvgIpc) is 2.62. The summed E-state index contributed by atoms with van der Waals surface area (Å²) in [6.07, 6.45) is -2.11. The van der Waals surface area contributed by atoms with Crippen LogP contribution in [-0.4, -0.2) is 29.4 Å². The molecule has 0 aliphatic heterocycles. The van der Waals surface area contributed by atoms with E-state index in [-0.39, 0.29) is 12.8 Å². The van der Waals surface area contributed by atoms with Crippen molar-refractivity contribution in [2.75, 3.05) is 0 Å². The molecular weight excluding hydrogens is 244 g/mol. The zero-order chi connectivity index (χ0) is 14.0. The fourth-order valence-electron chi connectivity index (χ4n) is 2.12. The molecule has 0 heterocycles. The molecule has 0 aromatic carbocycles. The van der Waals surface area contributed by atoms with Crippen molar-refractivity contribution in [3.05, 3.63) is 0 Å². The highest BCUT2D eigenvalue weighted by molar-refractivity contribution is 5.94. The Bertz CT molecular complexity index is 331. The normalized spacial score (nSPS) is 18.8. The van der Waals surface area contributed by atoms with Gasteiger partial charge in [0.05, 0.1) is 0 Å². The quantitative estimate of drug-likeness (QED) is 0.851. The van der Waals surface area contributed by atoms with Crippen molar-refractivity contribution in [2.45, 2.75) is 64.0 Å². The lowest BCUT2D eigenvalue weighted by molar-refractivity contribution is -0.136. The molecule has 4 nitrogen and oxygen atoms in total. The van der Waals surface area contributed by atoms with Gasteiger partial charge in [-0.3, -0.25) is 4.79 Å². The van der Waals surface area contributed by atoms with E-state index in [1.165, 1.54) is 0 Å². The first-order chi connectivity index (χ1) is 8.16. The van der Waals surface area contributed by atoms with Gasteiger partial charge in [0, 0.05) is 0 Å². The van der Waals surface area contributed by atoms with Crippen molar-refractivity contribution in [3.63, 3.8) is 0 Å². The van der Waals surface area contributed by atoms with Gasteiger partial charge in [0.2, 0.25) is 5.78 Å². The molecule has 0 radical (unpaired) electrons. The van der Waals surface area contributed by atoms with Crippen LogP contribution in [-0.2, 0) is 9.53 Å². The van der Waals surface area contributed by atoms with Crippen molar-refractivity contribution in [2.24, 2.45) is 0 Å². The van der Waals surface area contributed by atoms with Crippen molar-refractivity contribution in [1.82, 2.24) is 5.32 Å². The predicted octanol–water partition coefficient (Wildman–Crippen LogP) is 2.66. The Morgan fingerprint density at radius 3 is 2.11 bits per heavy atom. The van der Waals surface area contributed by atoms with Gasteiger partial charge in [-0.2, -0.15) is 0 Å². The molecule has 0 atom stereocenters. The molecule has 1 saturated carbocycles. The number of amides is 1. The number of Topliss-reactive ketones (excluding diaryl/α,β-unsaturated/α-hetero) is 1. The number of alkyl carbamates (subject to hydrolysis) is 1. The van der Waals surface area contributed by atoms with Gasteiger partial charge in [-0.1, -0.05) is 12.8 Å². The third kappa shape index (κ3) is 3.65. The molecule has 6 heteroatoms. The maximum Gasteiger partial charge on any atom is 0.408 e. The first-order valence-electron chi connectivity index (χ1n) is 6.00. The van der Waals surface area contributed by atoms with Gasteiger partial charge in [-0.15, -0.1) is 0 Å². The number of ketones is 1. The van der Waals surface area contributed by atoms with Gasteiger partial charge in [0.15, 0.2) is 0 Å². The Labute approximate surface area is 105 Å². The Balaban J connectivity index is 2.75. The van der Waals surface area contributed by atoms with Crippen LogP contribution in [0.15, 0.2) is 0 Å². The summed E-state index contributed by atoms with van der Waals surface area (Å²) in [4.78, 5) is 23.2. The summed E-state index contributed by atoms with van der Waals surface area (Å²) in [6, 6.07) is 0. The number of carbonyl (C=O) groups excluding carboxylic acids is 2. The highest BCUT2D eigenvalue weighted by Crippen LogP contribution is 2.32. The lowest BCUT2D eigenvalue weighted by atomic mass is 9.92. The van der Waals surface area contributed by atoms with Gasteiger partial charge < -0.3 is 10.1 Å².